The third-order valence-corrected chi connectivity index (χ3v) is 6.36. The van der Waals surface area contributed by atoms with Gasteiger partial charge in [-0.25, -0.2) is 4.79 Å². The highest BCUT2D eigenvalue weighted by Gasteiger charge is 2.42. The SMILES string of the molecule is O=C(NCc1ccccn1)[C@@H]1CCCN1C(=O)[C@@H]1CCCN1C(=O)c1cccc(Cl)c1.O=C(O)C(F)(F)F. The molecule has 1 aromatic heterocycles. The second-order valence-electron chi connectivity index (χ2n) is 8.70. The molecular formula is C25H26ClF3N4O5. The zero-order chi connectivity index (χ0) is 27.9. The molecule has 38 heavy (non-hydrogen) atoms. The summed E-state index contributed by atoms with van der Waals surface area (Å²) in [5.74, 6) is -3.29. The Morgan fingerprint density at radius 2 is 1.66 bits per heavy atom. The highest BCUT2D eigenvalue weighted by molar-refractivity contribution is 6.31. The molecule has 1 aromatic carbocycles. The van der Waals surface area contributed by atoms with E-state index >= 15 is 0 Å². The molecule has 2 aliphatic heterocycles. The average molecular weight is 555 g/mol. The fourth-order valence-corrected chi connectivity index (χ4v) is 4.54. The number of carboxylic acid groups (broad SMARTS) is 1. The fourth-order valence-electron chi connectivity index (χ4n) is 4.35. The van der Waals surface area contributed by atoms with Gasteiger partial charge in [0.25, 0.3) is 5.91 Å². The van der Waals surface area contributed by atoms with E-state index in [1.165, 1.54) is 0 Å². The van der Waals surface area contributed by atoms with Gasteiger partial charge in [0.15, 0.2) is 0 Å². The summed E-state index contributed by atoms with van der Waals surface area (Å²) >= 11 is 6.03. The number of aromatic nitrogens is 1. The number of carbonyl (C=O) groups is 4. The lowest BCUT2D eigenvalue weighted by Gasteiger charge is -2.31. The van der Waals surface area contributed by atoms with E-state index in [2.05, 4.69) is 10.3 Å². The van der Waals surface area contributed by atoms with Crippen molar-refractivity contribution >= 4 is 35.3 Å². The number of hydrogen-bond acceptors (Lipinski definition) is 5. The van der Waals surface area contributed by atoms with Crippen molar-refractivity contribution in [1.29, 1.82) is 0 Å². The van der Waals surface area contributed by atoms with Gasteiger partial charge in [0, 0.05) is 29.9 Å². The van der Waals surface area contributed by atoms with Crippen molar-refractivity contribution in [2.45, 2.75) is 50.5 Å². The van der Waals surface area contributed by atoms with Crippen molar-refractivity contribution in [3.63, 3.8) is 0 Å². The maximum Gasteiger partial charge on any atom is 0.490 e. The lowest BCUT2D eigenvalue weighted by Crippen LogP contribution is -2.52. The molecule has 0 bridgehead atoms. The molecular weight excluding hydrogens is 529 g/mol. The monoisotopic (exact) mass is 554 g/mol. The molecule has 3 amide bonds. The van der Waals surface area contributed by atoms with Crippen molar-refractivity contribution in [2.24, 2.45) is 0 Å². The number of likely N-dealkylation sites (tertiary alicyclic amines) is 2. The molecule has 2 saturated heterocycles. The summed E-state index contributed by atoms with van der Waals surface area (Å²) in [7, 11) is 0. The van der Waals surface area contributed by atoms with Crippen molar-refractivity contribution in [2.75, 3.05) is 13.1 Å². The predicted octanol–water partition coefficient (Wildman–Crippen LogP) is 3.28. The Balaban J connectivity index is 0.000000505. The first kappa shape index (κ1) is 28.9. The first-order valence-corrected chi connectivity index (χ1v) is 12.2. The van der Waals surface area contributed by atoms with Crippen molar-refractivity contribution in [3.05, 3.63) is 64.9 Å². The van der Waals surface area contributed by atoms with Gasteiger partial charge in [-0.1, -0.05) is 23.7 Å². The van der Waals surface area contributed by atoms with Crippen LogP contribution in [0, 0.1) is 0 Å². The van der Waals surface area contributed by atoms with Crippen LogP contribution in [0.5, 0.6) is 0 Å². The predicted molar refractivity (Wildman–Crippen MR) is 130 cm³/mol. The Kier molecular flexibility index (Phi) is 9.67. The summed E-state index contributed by atoms with van der Waals surface area (Å²) in [6.45, 7) is 1.36. The van der Waals surface area contributed by atoms with E-state index in [1.807, 2.05) is 18.2 Å². The van der Waals surface area contributed by atoms with Crippen LogP contribution in [0.25, 0.3) is 0 Å². The van der Waals surface area contributed by atoms with Crippen LogP contribution < -0.4 is 5.32 Å². The maximum atomic E-state index is 13.4. The maximum absolute atomic E-state index is 13.4. The summed E-state index contributed by atoms with van der Waals surface area (Å²) in [6.07, 6.45) is -0.660. The third kappa shape index (κ3) is 7.44. The number of carboxylic acids is 1. The van der Waals surface area contributed by atoms with Crippen LogP contribution in [0.1, 0.15) is 41.7 Å². The van der Waals surface area contributed by atoms with Crippen LogP contribution in [0.15, 0.2) is 48.7 Å². The largest absolute Gasteiger partial charge is 0.490 e. The van der Waals surface area contributed by atoms with Gasteiger partial charge in [-0.05, 0) is 56.0 Å². The highest BCUT2D eigenvalue weighted by Crippen LogP contribution is 2.27. The standard InChI is InChI=1S/C23H25ClN4O3.C2HF3O2/c24-17-7-3-6-16(14-17)22(30)28-13-5-10-20(28)23(31)27-12-4-9-19(27)21(29)26-15-18-8-1-2-11-25-18;3-2(4,5)1(6)7/h1-3,6-8,11,14,19-20H,4-5,9-10,12-13,15H2,(H,26,29);(H,6,7)/t19-,20-;/m0./s1. The van der Waals surface area contributed by atoms with E-state index < -0.39 is 24.2 Å². The zero-order valence-corrected chi connectivity index (χ0v) is 20.9. The second-order valence-corrected chi connectivity index (χ2v) is 9.13. The van der Waals surface area contributed by atoms with Gasteiger partial charge in [-0.2, -0.15) is 13.2 Å². The number of aliphatic carboxylic acids is 1. The van der Waals surface area contributed by atoms with E-state index in [0.717, 1.165) is 18.5 Å². The number of alkyl halides is 3. The van der Waals surface area contributed by atoms with Gasteiger partial charge in [0.05, 0.1) is 12.2 Å². The summed E-state index contributed by atoms with van der Waals surface area (Å²) in [5.41, 5.74) is 1.24. The number of pyridine rings is 1. The first-order chi connectivity index (χ1) is 18.0. The van der Waals surface area contributed by atoms with Gasteiger partial charge < -0.3 is 20.2 Å². The van der Waals surface area contributed by atoms with Crippen LogP contribution in [0.2, 0.25) is 5.02 Å². The molecule has 2 aliphatic rings. The zero-order valence-electron chi connectivity index (χ0n) is 20.2. The highest BCUT2D eigenvalue weighted by atomic mass is 35.5. The van der Waals surface area contributed by atoms with E-state index in [4.69, 9.17) is 21.5 Å². The van der Waals surface area contributed by atoms with E-state index in [-0.39, 0.29) is 17.7 Å². The Bertz CT molecular complexity index is 1170. The molecule has 2 fully saturated rings. The molecule has 204 valence electrons. The Labute approximate surface area is 221 Å². The molecule has 3 heterocycles. The van der Waals surface area contributed by atoms with E-state index in [1.54, 1.807) is 40.3 Å². The van der Waals surface area contributed by atoms with Crippen molar-refractivity contribution < 1.29 is 37.5 Å². The third-order valence-electron chi connectivity index (χ3n) is 6.12. The molecule has 0 unspecified atom stereocenters. The fraction of sp³-hybridized carbons (Fsp3) is 0.400. The Morgan fingerprint density at radius 3 is 2.26 bits per heavy atom. The number of rotatable bonds is 5. The van der Waals surface area contributed by atoms with Crippen LogP contribution in [0.4, 0.5) is 13.2 Å². The molecule has 0 saturated carbocycles. The normalized spacial score (nSPS) is 18.9. The minimum absolute atomic E-state index is 0.150. The second kappa shape index (κ2) is 12.7. The first-order valence-electron chi connectivity index (χ1n) is 11.8. The number of amides is 3. The minimum Gasteiger partial charge on any atom is -0.475 e. The molecule has 13 heteroatoms. The van der Waals surface area contributed by atoms with Gasteiger partial charge in [0.2, 0.25) is 11.8 Å². The number of nitrogens with one attached hydrogen (secondary N) is 1. The smallest absolute Gasteiger partial charge is 0.475 e. The quantitative estimate of drug-likeness (QED) is 0.585. The summed E-state index contributed by atoms with van der Waals surface area (Å²) in [4.78, 5) is 55.5. The molecule has 2 atom stereocenters. The molecule has 4 rings (SSSR count). The Hall–Kier alpha value is -3.67. The summed E-state index contributed by atoms with van der Waals surface area (Å²) in [5, 5.41) is 10.5. The van der Waals surface area contributed by atoms with Gasteiger partial charge >= 0.3 is 12.1 Å². The Morgan fingerprint density at radius 1 is 1.00 bits per heavy atom. The molecule has 2 aromatic rings. The number of halogens is 4. The van der Waals surface area contributed by atoms with Crippen molar-refractivity contribution in [3.8, 4) is 0 Å². The van der Waals surface area contributed by atoms with Gasteiger partial charge in [-0.3, -0.25) is 19.4 Å². The summed E-state index contributed by atoms with van der Waals surface area (Å²) in [6, 6.07) is 11.2. The van der Waals surface area contributed by atoms with Gasteiger partial charge in [0.1, 0.15) is 12.1 Å². The number of benzene rings is 1. The van der Waals surface area contributed by atoms with Crippen LogP contribution in [-0.2, 0) is 20.9 Å². The average Bonchev–Trinajstić information content (AvgIpc) is 3.57. The molecule has 0 spiro atoms. The minimum atomic E-state index is -5.08. The lowest BCUT2D eigenvalue weighted by molar-refractivity contribution is -0.192. The topological polar surface area (TPSA) is 120 Å². The molecule has 0 radical (unpaired) electrons. The summed E-state index contributed by atoms with van der Waals surface area (Å²) < 4.78 is 31.7. The lowest BCUT2D eigenvalue weighted by atomic mass is 10.1. The van der Waals surface area contributed by atoms with Crippen molar-refractivity contribution in [1.82, 2.24) is 20.1 Å². The van der Waals surface area contributed by atoms with Gasteiger partial charge in [-0.15, -0.1) is 0 Å². The molecule has 9 nitrogen and oxygen atoms in total. The van der Waals surface area contributed by atoms with E-state index in [9.17, 15) is 27.6 Å². The van der Waals surface area contributed by atoms with Crippen LogP contribution >= 0.6 is 11.6 Å². The molecule has 2 N–H and O–H groups in total. The number of nitrogens with zero attached hydrogens (tertiary/aromatic N) is 3. The van der Waals surface area contributed by atoms with E-state index in [0.29, 0.717) is 43.1 Å². The number of hydrogen-bond donors (Lipinski definition) is 2. The van der Waals surface area contributed by atoms with Crippen LogP contribution in [-0.4, -0.2) is 74.9 Å². The molecule has 0 aliphatic carbocycles. The van der Waals surface area contributed by atoms with Crippen LogP contribution in [0.3, 0.4) is 0 Å². The number of carbonyl (C=O) groups excluding carboxylic acids is 3.